The number of nitrogens with zero attached hydrogens (tertiary/aromatic N) is 3. The van der Waals surface area contributed by atoms with Crippen LogP contribution in [0.4, 0.5) is 0 Å². The second-order valence-electron chi connectivity index (χ2n) is 10.00. The Labute approximate surface area is 214 Å². The molecule has 4 heterocycles. The molecule has 4 aromatic rings. The number of rotatable bonds is 4. The van der Waals surface area contributed by atoms with Gasteiger partial charge in [0.15, 0.2) is 0 Å². The minimum absolute atomic E-state index is 0.0126. The smallest absolute Gasteiger partial charge is 0.270 e. The van der Waals surface area contributed by atoms with Crippen LogP contribution in [0.1, 0.15) is 34.0 Å². The second kappa shape index (κ2) is 9.24. The van der Waals surface area contributed by atoms with Crippen molar-refractivity contribution in [2.75, 3.05) is 13.1 Å². The van der Waals surface area contributed by atoms with Gasteiger partial charge in [-0.05, 0) is 42.7 Å². The molecular weight excluding hydrogens is 464 g/mol. The number of piperidine rings is 1. The summed E-state index contributed by atoms with van der Waals surface area (Å²) >= 11 is 0. The molecule has 0 aliphatic carbocycles. The average molecular weight is 493 g/mol. The largest absolute Gasteiger partial charge is 0.350 e. The topological polar surface area (TPSA) is 76.3 Å². The number of aromatic nitrogens is 2. The molecule has 7 heteroatoms. The van der Waals surface area contributed by atoms with Crippen LogP contribution in [0.3, 0.4) is 0 Å². The number of likely N-dealkylation sites (tertiary alicyclic amines) is 1. The van der Waals surface area contributed by atoms with Crippen molar-refractivity contribution in [1.29, 1.82) is 0 Å². The Hall–Kier alpha value is -4.39. The number of carbonyl (C=O) groups is 2. The third-order valence-electron chi connectivity index (χ3n) is 7.51. The van der Waals surface area contributed by atoms with Gasteiger partial charge < -0.3 is 19.4 Å². The van der Waals surface area contributed by atoms with E-state index >= 15 is 0 Å². The zero-order chi connectivity index (χ0) is 25.5. The number of amides is 2. The van der Waals surface area contributed by atoms with Crippen LogP contribution in [0.15, 0.2) is 89.5 Å². The minimum Gasteiger partial charge on any atom is -0.350 e. The molecule has 2 amide bonds. The number of hydrogen-bond acceptors (Lipinski definition) is 3. The van der Waals surface area contributed by atoms with E-state index in [4.69, 9.17) is 0 Å². The van der Waals surface area contributed by atoms with Crippen LogP contribution in [-0.4, -0.2) is 38.9 Å². The van der Waals surface area contributed by atoms with E-state index < -0.39 is 0 Å². The van der Waals surface area contributed by atoms with E-state index in [0.29, 0.717) is 25.2 Å². The number of carbonyl (C=O) groups excluding carboxylic acids is 2. The van der Waals surface area contributed by atoms with Crippen molar-refractivity contribution in [2.24, 2.45) is 13.0 Å². The van der Waals surface area contributed by atoms with Crippen molar-refractivity contribution in [3.63, 3.8) is 0 Å². The van der Waals surface area contributed by atoms with Crippen LogP contribution in [0.5, 0.6) is 0 Å². The first-order chi connectivity index (χ1) is 18.0. The van der Waals surface area contributed by atoms with E-state index in [1.54, 1.807) is 42.5 Å². The van der Waals surface area contributed by atoms with Crippen LogP contribution in [0, 0.1) is 5.92 Å². The molecule has 2 aliphatic heterocycles. The number of fused-ring (bicyclic) bond motifs is 5. The number of pyridine rings is 1. The summed E-state index contributed by atoms with van der Waals surface area (Å²) in [4.78, 5) is 41.4. The Morgan fingerprint density at radius 3 is 2.54 bits per heavy atom. The molecule has 7 nitrogen and oxygen atoms in total. The van der Waals surface area contributed by atoms with E-state index in [1.165, 1.54) is 0 Å². The lowest BCUT2D eigenvalue weighted by molar-refractivity contribution is -0.130. The normalized spacial score (nSPS) is 18.9. The fourth-order valence-corrected chi connectivity index (χ4v) is 5.81. The van der Waals surface area contributed by atoms with Crippen molar-refractivity contribution >= 4 is 28.8 Å². The highest BCUT2D eigenvalue weighted by Crippen LogP contribution is 2.35. The van der Waals surface area contributed by atoms with Gasteiger partial charge in [0, 0.05) is 72.6 Å². The van der Waals surface area contributed by atoms with Gasteiger partial charge in [-0.1, -0.05) is 42.5 Å². The van der Waals surface area contributed by atoms with Crippen LogP contribution < -0.4 is 10.9 Å². The van der Waals surface area contributed by atoms with E-state index in [-0.39, 0.29) is 34.9 Å². The first-order valence-corrected chi connectivity index (χ1v) is 12.6. The summed E-state index contributed by atoms with van der Waals surface area (Å²) in [5.41, 5.74) is 3.64. The van der Waals surface area contributed by atoms with Gasteiger partial charge in [0.25, 0.3) is 17.4 Å². The molecule has 1 fully saturated rings. The number of benzene rings is 2. The maximum Gasteiger partial charge on any atom is 0.270 e. The molecule has 1 N–H and O–H groups in total. The Morgan fingerprint density at radius 2 is 1.70 bits per heavy atom. The third kappa shape index (κ3) is 4.27. The molecule has 2 aliphatic rings. The highest BCUT2D eigenvalue weighted by molar-refractivity contribution is 6.06. The predicted molar refractivity (Wildman–Crippen MR) is 143 cm³/mol. The van der Waals surface area contributed by atoms with Gasteiger partial charge in [-0.25, -0.2) is 0 Å². The molecule has 0 saturated carbocycles. The molecular formula is C30H28N4O3. The number of aryl methyl sites for hydroxylation is 1. The molecule has 0 spiro atoms. The summed E-state index contributed by atoms with van der Waals surface area (Å²) in [6.45, 7) is 1.66. The Balaban J connectivity index is 1.36. The molecule has 6 rings (SSSR count). The monoisotopic (exact) mass is 492 g/mol. The summed E-state index contributed by atoms with van der Waals surface area (Å²) in [6.07, 6.45) is 4.71. The third-order valence-corrected chi connectivity index (χ3v) is 7.51. The van der Waals surface area contributed by atoms with Crippen LogP contribution in [0.25, 0.3) is 17.0 Å². The van der Waals surface area contributed by atoms with Gasteiger partial charge in [0.2, 0.25) is 0 Å². The van der Waals surface area contributed by atoms with E-state index in [0.717, 1.165) is 28.6 Å². The molecule has 1 saturated heterocycles. The van der Waals surface area contributed by atoms with Gasteiger partial charge in [-0.2, -0.15) is 0 Å². The molecule has 2 aromatic carbocycles. The number of nitrogens with one attached hydrogen (secondary N) is 1. The molecule has 37 heavy (non-hydrogen) atoms. The fraction of sp³-hybridized carbons (Fsp3) is 0.233. The van der Waals surface area contributed by atoms with Crippen LogP contribution in [-0.2, 0) is 18.4 Å². The molecule has 0 radical (unpaired) electrons. The zero-order valence-electron chi connectivity index (χ0n) is 20.6. The first-order valence-electron chi connectivity index (χ1n) is 12.6. The zero-order valence-corrected chi connectivity index (χ0v) is 20.6. The maximum absolute atomic E-state index is 14.0. The van der Waals surface area contributed by atoms with Gasteiger partial charge in [0.05, 0.1) is 0 Å². The van der Waals surface area contributed by atoms with Gasteiger partial charge in [-0.3, -0.25) is 14.4 Å². The van der Waals surface area contributed by atoms with Crippen LogP contribution in [0.2, 0.25) is 0 Å². The molecule has 2 atom stereocenters. The Kier molecular flexibility index (Phi) is 5.75. The highest BCUT2D eigenvalue weighted by atomic mass is 16.2. The van der Waals surface area contributed by atoms with E-state index in [2.05, 4.69) is 5.32 Å². The Bertz CT molecular complexity index is 1600. The van der Waals surface area contributed by atoms with Crippen molar-refractivity contribution in [3.05, 3.63) is 112 Å². The molecule has 0 unspecified atom stereocenters. The minimum atomic E-state index is -0.325. The summed E-state index contributed by atoms with van der Waals surface area (Å²) in [6, 6.07) is 22.3. The molecule has 186 valence electrons. The van der Waals surface area contributed by atoms with Crippen molar-refractivity contribution in [3.8, 4) is 0 Å². The second-order valence-corrected chi connectivity index (χ2v) is 10.00. The van der Waals surface area contributed by atoms with Gasteiger partial charge in [-0.15, -0.1) is 0 Å². The lowest BCUT2D eigenvalue weighted by atomic mass is 9.83. The SMILES string of the molecule is Cn1cc(/C=C(\NC(=O)c2ccccc2)C(=O)N2C[C@@H]3C[C@H](C2)c2cccc(=O)n2C3)c2ccccc21. The predicted octanol–water partition coefficient (Wildman–Crippen LogP) is 3.76. The summed E-state index contributed by atoms with van der Waals surface area (Å²) < 4.78 is 3.87. The summed E-state index contributed by atoms with van der Waals surface area (Å²) in [5.74, 6) is -0.249. The first kappa shape index (κ1) is 23.0. The number of para-hydroxylation sites is 1. The molecule has 2 bridgehead atoms. The van der Waals surface area contributed by atoms with E-state index in [9.17, 15) is 14.4 Å². The standard InChI is InChI=1S/C30H28N4O3/c1-32-18-22(24-10-5-6-11-27(24)32)15-25(31-29(36)21-8-3-2-4-9-21)30(37)33-16-20-14-23(19-33)26-12-7-13-28(35)34(26)17-20/h2-13,15,18,20,23H,14,16-17,19H2,1H3,(H,31,36)/b25-15-/t20-,23+/m0/s1. The number of hydrogen-bond donors (Lipinski definition) is 1. The van der Waals surface area contributed by atoms with Crippen molar-refractivity contribution in [2.45, 2.75) is 18.9 Å². The van der Waals surface area contributed by atoms with Crippen molar-refractivity contribution in [1.82, 2.24) is 19.4 Å². The van der Waals surface area contributed by atoms with Crippen molar-refractivity contribution < 1.29 is 9.59 Å². The Morgan fingerprint density at radius 1 is 0.919 bits per heavy atom. The summed E-state index contributed by atoms with van der Waals surface area (Å²) in [7, 11) is 1.97. The lowest BCUT2D eigenvalue weighted by Gasteiger charge is -2.43. The highest BCUT2D eigenvalue weighted by Gasteiger charge is 2.37. The lowest BCUT2D eigenvalue weighted by Crippen LogP contribution is -2.50. The van der Waals surface area contributed by atoms with Gasteiger partial charge >= 0.3 is 0 Å². The fourth-order valence-electron chi connectivity index (χ4n) is 5.81. The van der Waals surface area contributed by atoms with E-state index in [1.807, 2.05) is 63.7 Å². The molecule has 2 aromatic heterocycles. The maximum atomic E-state index is 14.0. The quantitative estimate of drug-likeness (QED) is 0.441. The van der Waals surface area contributed by atoms with Gasteiger partial charge in [0.1, 0.15) is 5.70 Å². The van der Waals surface area contributed by atoms with Crippen LogP contribution >= 0.6 is 0 Å². The average Bonchev–Trinajstić information content (AvgIpc) is 3.24. The summed E-state index contributed by atoms with van der Waals surface area (Å²) in [5, 5.41) is 3.92.